The highest BCUT2D eigenvalue weighted by molar-refractivity contribution is 6.01. The molecule has 1 saturated heterocycles. The Kier molecular flexibility index (Phi) is 6.13. The zero-order valence-electron chi connectivity index (χ0n) is 21.7. The van der Waals surface area contributed by atoms with E-state index in [-0.39, 0.29) is 11.6 Å². The van der Waals surface area contributed by atoms with Gasteiger partial charge in [-0.15, -0.1) is 0 Å². The first kappa shape index (κ1) is 24.3. The number of pyridine rings is 2. The minimum Gasteiger partial charge on any atom is -0.506 e. The lowest BCUT2D eigenvalue weighted by molar-refractivity contribution is 0.237. The van der Waals surface area contributed by atoms with Crippen LogP contribution in [0.15, 0.2) is 73.3 Å². The Morgan fingerprint density at radius 2 is 1.73 bits per heavy atom. The number of ether oxygens (including phenoxy) is 1. The van der Waals surface area contributed by atoms with Crippen LogP contribution in [0.2, 0.25) is 0 Å². The van der Waals surface area contributed by atoms with Gasteiger partial charge in [-0.2, -0.15) is 5.10 Å². The molecule has 0 unspecified atom stereocenters. The molecule has 0 radical (unpaired) electrons. The lowest BCUT2D eigenvalue weighted by atomic mass is 10.0. The number of rotatable bonds is 7. The number of hydrogen-bond donors (Lipinski definition) is 3. The average Bonchev–Trinajstić information content (AvgIpc) is 3.72. The second kappa shape index (κ2) is 10.1. The van der Waals surface area contributed by atoms with Crippen molar-refractivity contribution in [1.82, 2.24) is 30.0 Å². The summed E-state index contributed by atoms with van der Waals surface area (Å²) < 4.78 is 20.6. The van der Waals surface area contributed by atoms with Crippen LogP contribution in [0.1, 0.15) is 12.8 Å². The van der Waals surface area contributed by atoms with Crippen LogP contribution >= 0.6 is 0 Å². The van der Waals surface area contributed by atoms with E-state index in [9.17, 15) is 9.50 Å². The van der Waals surface area contributed by atoms with Crippen molar-refractivity contribution in [1.29, 1.82) is 0 Å². The molecule has 0 aliphatic carbocycles. The van der Waals surface area contributed by atoms with Gasteiger partial charge in [0.2, 0.25) is 0 Å². The molecule has 0 atom stereocenters. The molecular weight excluding hydrogens is 507 g/mol. The summed E-state index contributed by atoms with van der Waals surface area (Å²) in [5.74, 6) is 0.265. The normalized spacial score (nSPS) is 13.9. The average molecular weight is 535 g/mol. The molecular formula is C31H27FN6O2. The van der Waals surface area contributed by atoms with E-state index in [1.807, 2.05) is 30.3 Å². The minimum atomic E-state index is -0.353. The second-order valence-corrected chi connectivity index (χ2v) is 10.2. The third-order valence-electron chi connectivity index (χ3n) is 7.48. The summed E-state index contributed by atoms with van der Waals surface area (Å²) in [6.07, 6.45) is 9.08. The Hall–Kier alpha value is -4.76. The van der Waals surface area contributed by atoms with Gasteiger partial charge in [0.15, 0.2) is 0 Å². The molecule has 6 aromatic rings. The Morgan fingerprint density at radius 3 is 2.60 bits per heavy atom. The van der Waals surface area contributed by atoms with Crippen molar-refractivity contribution < 1.29 is 14.2 Å². The lowest BCUT2D eigenvalue weighted by Crippen LogP contribution is -2.25. The van der Waals surface area contributed by atoms with Crippen LogP contribution in [0.25, 0.3) is 55.4 Å². The highest BCUT2D eigenvalue weighted by Gasteiger charge is 2.16. The molecule has 8 nitrogen and oxygen atoms in total. The molecule has 1 aliphatic heterocycles. The van der Waals surface area contributed by atoms with E-state index < -0.39 is 0 Å². The fourth-order valence-corrected chi connectivity index (χ4v) is 5.49. The van der Waals surface area contributed by atoms with Crippen LogP contribution in [0.5, 0.6) is 11.5 Å². The Bertz CT molecular complexity index is 1840. The molecule has 0 amide bonds. The van der Waals surface area contributed by atoms with Crippen molar-refractivity contribution in [2.75, 3.05) is 26.2 Å². The van der Waals surface area contributed by atoms with E-state index in [1.54, 1.807) is 24.7 Å². The number of likely N-dealkylation sites (tertiary alicyclic amines) is 1. The summed E-state index contributed by atoms with van der Waals surface area (Å²) in [6, 6.07) is 14.4. The third-order valence-corrected chi connectivity index (χ3v) is 7.48. The molecule has 2 aromatic carbocycles. The molecule has 7 rings (SSSR count). The number of benzene rings is 2. The lowest BCUT2D eigenvalue weighted by Gasteiger charge is -2.15. The van der Waals surface area contributed by atoms with Gasteiger partial charge in [0.1, 0.15) is 29.6 Å². The van der Waals surface area contributed by atoms with Crippen LogP contribution in [-0.4, -0.2) is 61.4 Å². The van der Waals surface area contributed by atoms with Crippen molar-refractivity contribution in [2.45, 2.75) is 12.8 Å². The predicted octanol–water partition coefficient (Wildman–Crippen LogP) is 6.15. The van der Waals surface area contributed by atoms with Gasteiger partial charge in [0.25, 0.3) is 0 Å². The molecule has 0 bridgehead atoms. The van der Waals surface area contributed by atoms with E-state index in [2.05, 4.69) is 30.0 Å². The zero-order chi connectivity index (χ0) is 27.1. The summed E-state index contributed by atoms with van der Waals surface area (Å²) in [7, 11) is 0. The first-order valence-corrected chi connectivity index (χ1v) is 13.4. The van der Waals surface area contributed by atoms with Crippen LogP contribution in [0.3, 0.4) is 0 Å². The molecule has 200 valence electrons. The molecule has 5 heterocycles. The molecule has 9 heteroatoms. The second-order valence-electron chi connectivity index (χ2n) is 10.2. The summed E-state index contributed by atoms with van der Waals surface area (Å²) >= 11 is 0. The number of H-pyrrole nitrogens is 2. The molecule has 0 spiro atoms. The topological polar surface area (TPSA) is 103 Å². The third kappa shape index (κ3) is 4.65. The van der Waals surface area contributed by atoms with Crippen molar-refractivity contribution in [3.63, 3.8) is 0 Å². The maximum absolute atomic E-state index is 14.7. The van der Waals surface area contributed by atoms with Gasteiger partial charge in [0.05, 0.1) is 29.1 Å². The van der Waals surface area contributed by atoms with E-state index in [0.717, 1.165) is 69.5 Å². The number of nitrogens with zero attached hydrogens (tertiary/aromatic N) is 4. The Morgan fingerprint density at radius 1 is 0.850 bits per heavy atom. The van der Waals surface area contributed by atoms with E-state index in [4.69, 9.17) is 4.74 Å². The van der Waals surface area contributed by atoms with Crippen molar-refractivity contribution in [3.8, 4) is 45.1 Å². The van der Waals surface area contributed by atoms with Gasteiger partial charge >= 0.3 is 0 Å². The highest BCUT2D eigenvalue weighted by Crippen LogP contribution is 2.36. The zero-order valence-corrected chi connectivity index (χ0v) is 21.7. The van der Waals surface area contributed by atoms with Crippen LogP contribution < -0.4 is 4.74 Å². The molecule has 40 heavy (non-hydrogen) atoms. The van der Waals surface area contributed by atoms with Crippen molar-refractivity contribution in [3.05, 3.63) is 79.1 Å². The maximum atomic E-state index is 14.7. The predicted molar refractivity (Wildman–Crippen MR) is 153 cm³/mol. The van der Waals surface area contributed by atoms with E-state index in [1.165, 1.54) is 31.2 Å². The van der Waals surface area contributed by atoms with Gasteiger partial charge in [0, 0.05) is 46.9 Å². The number of fused-ring (bicyclic) bond motifs is 2. The molecule has 0 saturated carbocycles. The highest BCUT2D eigenvalue weighted by atomic mass is 19.1. The SMILES string of the molecule is Oc1cncc(-c2ccc3[nH]nc(-c4cc5c(-c6cc(F)cc(OCCN7CCCC7)c6)cncc5[nH]4)c3c2)c1. The fraction of sp³-hybridized carbons (Fsp3) is 0.194. The number of aromatic amines is 2. The van der Waals surface area contributed by atoms with Gasteiger partial charge in [-0.25, -0.2) is 4.39 Å². The number of aromatic nitrogens is 5. The Balaban J connectivity index is 1.23. The van der Waals surface area contributed by atoms with E-state index >= 15 is 0 Å². The van der Waals surface area contributed by atoms with Gasteiger partial charge in [-0.05, 0) is 73.5 Å². The monoisotopic (exact) mass is 534 g/mol. The first-order valence-electron chi connectivity index (χ1n) is 13.4. The van der Waals surface area contributed by atoms with Gasteiger partial charge < -0.3 is 14.8 Å². The number of hydrogen-bond acceptors (Lipinski definition) is 6. The Labute approximate surface area is 229 Å². The van der Waals surface area contributed by atoms with Crippen LogP contribution in [0.4, 0.5) is 4.39 Å². The smallest absolute Gasteiger partial charge is 0.134 e. The summed E-state index contributed by atoms with van der Waals surface area (Å²) in [5.41, 5.74) is 6.47. The van der Waals surface area contributed by atoms with Crippen LogP contribution in [0, 0.1) is 5.82 Å². The summed E-state index contributed by atoms with van der Waals surface area (Å²) in [6.45, 7) is 3.56. The first-order chi connectivity index (χ1) is 19.6. The fourth-order valence-electron chi connectivity index (χ4n) is 5.49. The minimum absolute atomic E-state index is 0.109. The van der Waals surface area contributed by atoms with Crippen molar-refractivity contribution >= 4 is 21.8 Å². The molecule has 4 aromatic heterocycles. The number of nitrogens with one attached hydrogen (secondary N) is 2. The van der Waals surface area contributed by atoms with Crippen LogP contribution in [-0.2, 0) is 0 Å². The number of aromatic hydroxyl groups is 1. The standard InChI is InChI=1S/C31H27FN6O2/c32-22-9-20(11-24(13-22)40-8-7-38-5-1-2-6-38)27-17-34-18-30-25(27)14-29(35-30)31-26-12-19(3-4-28(26)36-37-31)21-10-23(39)16-33-15-21/h3-4,9-18,35,39H,1-2,5-8H2,(H,36,37). The summed E-state index contributed by atoms with van der Waals surface area (Å²) in [4.78, 5) is 14.3. The van der Waals surface area contributed by atoms with Gasteiger partial charge in [-0.3, -0.25) is 20.0 Å². The van der Waals surface area contributed by atoms with Crippen molar-refractivity contribution in [2.24, 2.45) is 0 Å². The number of halogens is 1. The molecule has 1 fully saturated rings. The van der Waals surface area contributed by atoms with E-state index in [0.29, 0.717) is 17.9 Å². The molecule has 3 N–H and O–H groups in total. The summed E-state index contributed by atoms with van der Waals surface area (Å²) in [5, 5.41) is 19.4. The quantitative estimate of drug-likeness (QED) is 0.227. The largest absolute Gasteiger partial charge is 0.506 e. The van der Waals surface area contributed by atoms with Gasteiger partial charge in [-0.1, -0.05) is 6.07 Å². The maximum Gasteiger partial charge on any atom is 0.134 e. The molecule has 1 aliphatic rings.